The highest BCUT2D eigenvalue weighted by molar-refractivity contribution is 9.09. The molecule has 0 heterocycles. The number of hydrogen-bond donors (Lipinski definition) is 1. The second-order valence-electron chi connectivity index (χ2n) is 3.08. The molecule has 2 nitrogen and oxygen atoms in total. The topological polar surface area (TPSA) is 29.1 Å². The number of amides is 1. The minimum Gasteiger partial charge on any atom is -0.352 e. The molecule has 0 aromatic heterocycles. The molecule has 0 aromatic rings. The van der Waals surface area contributed by atoms with E-state index in [1.54, 1.807) is 0 Å². The zero-order chi connectivity index (χ0) is 9.56. The van der Waals surface area contributed by atoms with Gasteiger partial charge in [-0.3, -0.25) is 4.79 Å². The van der Waals surface area contributed by atoms with E-state index < -0.39 is 0 Å². The number of nitrogens with one attached hydrogen (secondary N) is 1. The summed E-state index contributed by atoms with van der Waals surface area (Å²) in [7, 11) is 0. The van der Waals surface area contributed by atoms with E-state index in [0.29, 0.717) is 0 Å². The summed E-state index contributed by atoms with van der Waals surface area (Å²) in [6, 6.07) is 0.284. The van der Waals surface area contributed by atoms with Crippen LogP contribution < -0.4 is 5.32 Å². The maximum absolute atomic E-state index is 11.4. The van der Waals surface area contributed by atoms with Crippen LogP contribution in [0.1, 0.15) is 33.6 Å². The van der Waals surface area contributed by atoms with Gasteiger partial charge in [-0.05, 0) is 12.8 Å². The Labute approximate surface area is 83.2 Å². The Morgan fingerprint density at radius 1 is 1.42 bits per heavy atom. The van der Waals surface area contributed by atoms with Crippen LogP contribution in [0.15, 0.2) is 0 Å². The second kappa shape index (κ2) is 6.46. The van der Waals surface area contributed by atoms with Crippen LogP contribution in [0.25, 0.3) is 0 Å². The van der Waals surface area contributed by atoms with E-state index in [0.717, 1.165) is 18.2 Å². The maximum atomic E-state index is 11.4. The summed E-state index contributed by atoms with van der Waals surface area (Å²) in [4.78, 5) is 11.4. The Morgan fingerprint density at radius 3 is 2.33 bits per heavy atom. The van der Waals surface area contributed by atoms with E-state index in [9.17, 15) is 4.79 Å². The molecule has 3 heteroatoms. The lowest BCUT2D eigenvalue weighted by molar-refractivity contribution is -0.125. The van der Waals surface area contributed by atoms with E-state index in [4.69, 9.17) is 0 Å². The Morgan fingerprint density at radius 2 is 2.00 bits per heavy atom. The quantitative estimate of drug-likeness (QED) is 0.729. The fourth-order valence-electron chi connectivity index (χ4n) is 0.779. The highest BCUT2D eigenvalue weighted by Crippen LogP contribution is 2.03. The summed E-state index contributed by atoms with van der Waals surface area (Å²) in [6.45, 7) is 6.05. The van der Waals surface area contributed by atoms with Gasteiger partial charge in [0.15, 0.2) is 0 Å². The largest absolute Gasteiger partial charge is 0.352 e. The molecule has 0 saturated carbocycles. The first kappa shape index (κ1) is 11.9. The summed E-state index contributed by atoms with van der Waals surface area (Å²) in [6.07, 6.45) is 1.89. The number of hydrogen-bond acceptors (Lipinski definition) is 1. The molecule has 0 rings (SSSR count). The van der Waals surface area contributed by atoms with Gasteiger partial charge in [-0.15, -0.1) is 0 Å². The van der Waals surface area contributed by atoms with Crippen molar-refractivity contribution < 1.29 is 4.79 Å². The lowest BCUT2D eigenvalue weighted by Crippen LogP contribution is -2.38. The first-order valence-electron chi connectivity index (χ1n) is 4.52. The number of rotatable bonds is 5. The third-order valence-corrected chi connectivity index (χ3v) is 2.87. The normalized spacial score (nSPS) is 15.3. The van der Waals surface area contributed by atoms with Gasteiger partial charge in [0.05, 0.1) is 0 Å². The van der Waals surface area contributed by atoms with Crippen molar-refractivity contribution in [3.8, 4) is 0 Å². The Balaban J connectivity index is 3.81. The molecule has 0 aliphatic rings. The predicted molar refractivity (Wildman–Crippen MR) is 55.5 cm³/mol. The molecular formula is C9H18BrNO. The Hall–Kier alpha value is -0.0500. The van der Waals surface area contributed by atoms with Crippen molar-refractivity contribution in [1.82, 2.24) is 5.32 Å². The maximum Gasteiger partial charge on any atom is 0.223 e. The fourth-order valence-corrected chi connectivity index (χ4v) is 1.40. The Bertz CT molecular complexity index is 134. The van der Waals surface area contributed by atoms with Gasteiger partial charge in [-0.25, -0.2) is 0 Å². The van der Waals surface area contributed by atoms with Crippen LogP contribution in [0.4, 0.5) is 0 Å². The van der Waals surface area contributed by atoms with Crippen molar-refractivity contribution >= 4 is 21.8 Å². The molecule has 0 spiro atoms. The van der Waals surface area contributed by atoms with Crippen molar-refractivity contribution in [3.05, 3.63) is 0 Å². The minimum atomic E-state index is 0.137. The molecule has 1 amide bonds. The molecule has 0 fully saturated rings. The standard InChI is InChI=1S/C9H18BrNO/c1-4-7(3)9(12)11-8(5-2)6-10/h7-8H,4-6H2,1-3H3,(H,11,12). The van der Waals surface area contributed by atoms with Gasteiger partial charge < -0.3 is 5.32 Å². The van der Waals surface area contributed by atoms with Crippen molar-refractivity contribution in [2.75, 3.05) is 5.33 Å². The van der Waals surface area contributed by atoms with Crippen LogP contribution in [0, 0.1) is 5.92 Å². The number of halogens is 1. The van der Waals surface area contributed by atoms with Gasteiger partial charge in [0, 0.05) is 17.3 Å². The average molecular weight is 236 g/mol. The minimum absolute atomic E-state index is 0.137. The Kier molecular flexibility index (Phi) is 6.44. The van der Waals surface area contributed by atoms with E-state index in [1.807, 2.05) is 13.8 Å². The first-order valence-corrected chi connectivity index (χ1v) is 5.64. The van der Waals surface area contributed by atoms with Crippen LogP contribution in [0.5, 0.6) is 0 Å². The monoisotopic (exact) mass is 235 g/mol. The molecule has 0 aromatic carbocycles. The third kappa shape index (κ3) is 4.10. The summed E-state index contributed by atoms with van der Waals surface area (Å²) >= 11 is 3.36. The highest BCUT2D eigenvalue weighted by atomic mass is 79.9. The SMILES string of the molecule is CCC(CBr)NC(=O)C(C)CC. The van der Waals surface area contributed by atoms with E-state index in [-0.39, 0.29) is 17.9 Å². The number of alkyl halides is 1. The smallest absolute Gasteiger partial charge is 0.223 e. The molecule has 1 N–H and O–H groups in total. The molecule has 72 valence electrons. The van der Waals surface area contributed by atoms with Crippen molar-refractivity contribution in [2.24, 2.45) is 5.92 Å². The van der Waals surface area contributed by atoms with Gasteiger partial charge in [-0.1, -0.05) is 36.7 Å². The molecule has 2 atom stereocenters. The average Bonchev–Trinajstić information content (AvgIpc) is 2.12. The number of carbonyl (C=O) groups excluding carboxylic acids is 1. The lowest BCUT2D eigenvalue weighted by Gasteiger charge is -2.16. The third-order valence-electron chi connectivity index (χ3n) is 2.09. The van der Waals surface area contributed by atoms with Crippen LogP contribution in [-0.4, -0.2) is 17.3 Å². The van der Waals surface area contributed by atoms with Gasteiger partial charge in [0.25, 0.3) is 0 Å². The lowest BCUT2D eigenvalue weighted by atomic mass is 10.1. The molecular weight excluding hydrogens is 218 g/mol. The van der Waals surface area contributed by atoms with E-state index in [1.165, 1.54) is 0 Å². The van der Waals surface area contributed by atoms with Gasteiger partial charge >= 0.3 is 0 Å². The number of carbonyl (C=O) groups is 1. The van der Waals surface area contributed by atoms with Gasteiger partial charge in [0.2, 0.25) is 5.91 Å². The van der Waals surface area contributed by atoms with Gasteiger partial charge in [0.1, 0.15) is 0 Å². The summed E-state index contributed by atoms with van der Waals surface area (Å²) in [5.74, 6) is 0.307. The molecule has 0 radical (unpaired) electrons. The van der Waals surface area contributed by atoms with Crippen molar-refractivity contribution in [3.63, 3.8) is 0 Å². The fraction of sp³-hybridized carbons (Fsp3) is 0.889. The van der Waals surface area contributed by atoms with Crippen molar-refractivity contribution in [1.29, 1.82) is 0 Å². The molecule has 0 bridgehead atoms. The first-order chi connectivity index (χ1) is 5.65. The van der Waals surface area contributed by atoms with E-state index in [2.05, 4.69) is 28.2 Å². The predicted octanol–water partition coefficient (Wildman–Crippen LogP) is 2.32. The van der Waals surface area contributed by atoms with Crippen LogP contribution in [0.2, 0.25) is 0 Å². The zero-order valence-electron chi connectivity index (χ0n) is 8.06. The van der Waals surface area contributed by atoms with Crippen LogP contribution in [-0.2, 0) is 4.79 Å². The van der Waals surface area contributed by atoms with Crippen molar-refractivity contribution in [2.45, 2.75) is 39.7 Å². The summed E-state index contributed by atoms with van der Waals surface area (Å²) < 4.78 is 0. The second-order valence-corrected chi connectivity index (χ2v) is 3.72. The molecule has 0 aliphatic carbocycles. The molecule has 0 aliphatic heterocycles. The molecule has 0 saturated heterocycles. The van der Waals surface area contributed by atoms with Crippen LogP contribution >= 0.6 is 15.9 Å². The van der Waals surface area contributed by atoms with Gasteiger partial charge in [-0.2, -0.15) is 0 Å². The highest BCUT2D eigenvalue weighted by Gasteiger charge is 2.13. The summed E-state index contributed by atoms with van der Waals surface area (Å²) in [5, 5.41) is 3.82. The molecule has 12 heavy (non-hydrogen) atoms. The van der Waals surface area contributed by atoms with E-state index >= 15 is 0 Å². The van der Waals surface area contributed by atoms with Crippen LogP contribution in [0.3, 0.4) is 0 Å². The zero-order valence-corrected chi connectivity index (χ0v) is 9.65. The summed E-state index contributed by atoms with van der Waals surface area (Å²) in [5.41, 5.74) is 0. The molecule has 2 unspecified atom stereocenters.